The van der Waals surface area contributed by atoms with Crippen LogP contribution < -0.4 is 0 Å². The van der Waals surface area contributed by atoms with E-state index in [4.69, 9.17) is 5.11 Å². The van der Waals surface area contributed by atoms with Crippen LogP contribution in [0.15, 0.2) is 23.1 Å². The Morgan fingerprint density at radius 2 is 2.05 bits per heavy atom. The van der Waals surface area contributed by atoms with Gasteiger partial charge < -0.3 is 5.11 Å². The third-order valence-corrected chi connectivity index (χ3v) is 5.33. The summed E-state index contributed by atoms with van der Waals surface area (Å²) in [7, 11) is -3.94. The maximum atomic E-state index is 13.2. The predicted octanol–water partition coefficient (Wildman–Crippen LogP) is 1.84. The molecular weight excluding hydrogens is 304 g/mol. The molecular formula is C13H15F2NO4S. The van der Waals surface area contributed by atoms with Crippen molar-refractivity contribution in [1.82, 2.24) is 4.31 Å². The quantitative estimate of drug-likeness (QED) is 0.919. The van der Waals surface area contributed by atoms with E-state index in [0.717, 1.165) is 16.4 Å². The van der Waals surface area contributed by atoms with E-state index in [0.29, 0.717) is 18.9 Å². The molecule has 1 unspecified atom stereocenters. The molecule has 1 saturated heterocycles. The molecule has 1 atom stereocenters. The van der Waals surface area contributed by atoms with Crippen molar-refractivity contribution in [1.29, 1.82) is 0 Å². The van der Waals surface area contributed by atoms with Crippen molar-refractivity contribution in [3.8, 4) is 0 Å². The number of carbonyl (C=O) groups is 1. The number of benzene rings is 1. The average Bonchev–Trinajstić information content (AvgIpc) is 2.41. The second-order valence-corrected chi connectivity index (χ2v) is 6.98. The molecule has 1 N–H and O–H groups in total. The molecule has 0 aromatic heterocycles. The summed E-state index contributed by atoms with van der Waals surface area (Å²) in [4.78, 5) is 10.4. The molecule has 0 amide bonds. The Balaban J connectivity index is 2.22. The highest BCUT2D eigenvalue weighted by Crippen LogP contribution is 2.26. The van der Waals surface area contributed by atoms with Gasteiger partial charge in [-0.1, -0.05) is 0 Å². The van der Waals surface area contributed by atoms with Gasteiger partial charge in [-0.25, -0.2) is 17.2 Å². The molecule has 1 fully saturated rings. The first kappa shape index (κ1) is 15.8. The summed E-state index contributed by atoms with van der Waals surface area (Å²) in [6.45, 7) is 0.324. The fraction of sp³-hybridized carbons (Fsp3) is 0.462. The van der Waals surface area contributed by atoms with Crippen LogP contribution in [-0.4, -0.2) is 36.9 Å². The van der Waals surface area contributed by atoms with Crippen molar-refractivity contribution in [2.24, 2.45) is 5.92 Å². The van der Waals surface area contributed by atoms with E-state index in [1.165, 1.54) is 0 Å². The summed E-state index contributed by atoms with van der Waals surface area (Å²) in [5.41, 5.74) is 0. The second kappa shape index (κ2) is 6.07. The molecule has 1 heterocycles. The first-order valence-corrected chi connectivity index (χ1v) is 7.91. The Labute approximate surface area is 121 Å². The van der Waals surface area contributed by atoms with Crippen molar-refractivity contribution in [3.05, 3.63) is 29.8 Å². The highest BCUT2D eigenvalue weighted by atomic mass is 32.2. The van der Waals surface area contributed by atoms with Crippen molar-refractivity contribution >= 4 is 16.0 Å². The zero-order valence-electron chi connectivity index (χ0n) is 11.1. The fourth-order valence-corrected chi connectivity index (χ4v) is 4.01. The van der Waals surface area contributed by atoms with E-state index in [-0.39, 0.29) is 30.3 Å². The molecule has 1 aliphatic rings. The lowest BCUT2D eigenvalue weighted by Crippen LogP contribution is -2.40. The van der Waals surface area contributed by atoms with Gasteiger partial charge in [0.25, 0.3) is 0 Å². The number of hydrogen-bond donors (Lipinski definition) is 1. The van der Waals surface area contributed by atoms with Crippen molar-refractivity contribution in [2.75, 3.05) is 13.1 Å². The smallest absolute Gasteiger partial charge is 0.303 e. The van der Waals surface area contributed by atoms with Gasteiger partial charge in [0.15, 0.2) is 11.6 Å². The largest absolute Gasteiger partial charge is 0.481 e. The molecule has 0 aliphatic carbocycles. The number of rotatable bonds is 4. The third kappa shape index (κ3) is 3.56. The van der Waals surface area contributed by atoms with Gasteiger partial charge in [-0.3, -0.25) is 4.79 Å². The van der Waals surface area contributed by atoms with Crippen LogP contribution in [0.3, 0.4) is 0 Å². The van der Waals surface area contributed by atoms with E-state index in [1.807, 2.05) is 0 Å². The lowest BCUT2D eigenvalue weighted by molar-refractivity contribution is -0.138. The first-order valence-electron chi connectivity index (χ1n) is 6.47. The Morgan fingerprint density at radius 1 is 1.33 bits per heavy atom. The predicted molar refractivity (Wildman–Crippen MR) is 70.1 cm³/mol. The topological polar surface area (TPSA) is 74.7 Å². The minimum Gasteiger partial charge on any atom is -0.481 e. The summed E-state index contributed by atoms with van der Waals surface area (Å²) in [5.74, 6) is -3.59. The SMILES string of the molecule is O=C(O)CC1CCCN(S(=O)(=O)c2ccc(F)c(F)c2)C1. The molecule has 1 aromatic rings. The van der Waals surface area contributed by atoms with E-state index in [9.17, 15) is 22.0 Å². The van der Waals surface area contributed by atoms with Crippen LogP contribution in [0, 0.1) is 17.6 Å². The highest BCUT2D eigenvalue weighted by molar-refractivity contribution is 7.89. The normalized spacial score (nSPS) is 20.4. The Bertz CT molecular complexity index is 648. The molecule has 0 radical (unpaired) electrons. The van der Waals surface area contributed by atoms with Crippen LogP contribution in [0.1, 0.15) is 19.3 Å². The number of hydrogen-bond acceptors (Lipinski definition) is 3. The molecule has 8 heteroatoms. The van der Waals surface area contributed by atoms with Crippen LogP contribution in [-0.2, 0) is 14.8 Å². The summed E-state index contributed by atoms with van der Waals surface area (Å²) < 4.78 is 52.0. The van der Waals surface area contributed by atoms with Crippen LogP contribution in [0.25, 0.3) is 0 Å². The van der Waals surface area contributed by atoms with Gasteiger partial charge in [-0.15, -0.1) is 0 Å². The number of nitrogens with zero attached hydrogens (tertiary/aromatic N) is 1. The van der Waals surface area contributed by atoms with Crippen LogP contribution in [0.5, 0.6) is 0 Å². The highest BCUT2D eigenvalue weighted by Gasteiger charge is 2.31. The molecule has 2 rings (SSSR count). The Morgan fingerprint density at radius 3 is 2.67 bits per heavy atom. The zero-order chi connectivity index (χ0) is 15.6. The molecule has 21 heavy (non-hydrogen) atoms. The number of halogens is 2. The summed E-state index contributed by atoms with van der Waals surface area (Å²) in [6, 6.07) is 2.42. The monoisotopic (exact) mass is 319 g/mol. The van der Waals surface area contributed by atoms with Crippen LogP contribution in [0.4, 0.5) is 8.78 Å². The molecule has 0 bridgehead atoms. The summed E-state index contributed by atoms with van der Waals surface area (Å²) in [6.07, 6.45) is 1.07. The molecule has 1 aliphatic heterocycles. The van der Waals surface area contributed by atoms with E-state index in [1.54, 1.807) is 0 Å². The summed E-state index contributed by atoms with van der Waals surface area (Å²) >= 11 is 0. The van der Waals surface area contributed by atoms with Gasteiger partial charge in [0.2, 0.25) is 10.0 Å². The lowest BCUT2D eigenvalue weighted by Gasteiger charge is -2.31. The maximum absolute atomic E-state index is 13.2. The van der Waals surface area contributed by atoms with Crippen LogP contribution in [0.2, 0.25) is 0 Å². The number of aliphatic carboxylic acids is 1. The fourth-order valence-electron chi connectivity index (χ4n) is 2.45. The molecule has 5 nitrogen and oxygen atoms in total. The molecule has 1 aromatic carbocycles. The van der Waals surface area contributed by atoms with Crippen molar-refractivity contribution < 1.29 is 27.1 Å². The minimum atomic E-state index is -3.94. The van der Waals surface area contributed by atoms with Gasteiger partial charge in [-0.05, 0) is 37.0 Å². The lowest BCUT2D eigenvalue weighted by atomic mass is 9.96. The van der Waals surface area contributed by atoms with E-state index >= 15 is 0 Å². The van der Waals surface area contributed by atoms with Gasteiger partial charge in [0, 0.05) is 19.5 Å². The van der Waals surface area contributed by atoms with E-state index < -0.39 is 27.6 Å². The Kier molecular flexibility index (Phi) is 4.58. The van der Waals surface area contributed by atoms with E-state index in [2.05, 4.69) is 0 Å². The standard InChI is InChI=1S/C13H15F2NO4S/c14-11-4-3-10(7-12(11)15)21(19,20)16-5-1-2-9(8-16)6-13(17)18/h3-4,7,9H,1-2,5-6,8H2,(H,17,18). The van der Waals surface area contributed by atoms with Gasteiger partial charge >= 0.3 is 5.97 Å². The number of carboxylic acids is 1. The first-order chi connectivity index (χ1) is 9.80. The number of sulfonamides is 1. The van der Waals surface area contributed by atoms with Crippen molar-refractivity contribution in [3.63, 3.8) is 0 Å². The van der Waals surface area contributed by atoms with Gasteiger partial charge in [0.1, 0.15) is 0 Å². The molecule has 116 valence electrons. The number of piperidine rings is 1. The maximum Gasteiger partial charge on any atom is 0.303 e. The second-order valence-electron chi connectivity index (χ2n) is 5.05. The average molecular weight is 319 g/mol. The van der Waals surface area contributed by atoms with Crippen LogP contribution >= 0.6 is 0 Å². The molecule has 0 saturated carbocycles. The van der Waals surface area contributed by atoms with Gasteiger partial charge in [-0.2, -0.15) is 4.31 Å². The number of carboxylic acid groups (broad SMARTS) is 1. The zero-order valence-corrected chi connectivity index (χ0v) is 11.9. The summed E-state index contributed by atoms with van der Waals surface area (Å²) in [5, 5.41) is 8.78. The van der Waals surface area contributed by atoms with Crippen molar-refractivity contribution in [2.45, 2.75) is 24.2 Å². The van der Waals surface area contributed by atoms with Gasteiger partial charge in [0.05, 0.1) is 4.90 Å². The third-order valence-electron chi connectivity index (χ3n) is 3.47. The Hall–Kier alpha value is -1.54. The molecule has 0 spiro atoms. The minimum absolute atomic E-state index is 0.0770.